The number of nitrogen functional groups attached to an aromatic ring is 1. The summed E-state index contributed by atoms with van der Waals surface area (Å²) in [6.45, 7) is 0. The quantitative estimate of drug-likeness (QED) is 0.849. The highest BCUT2D eigenvalue weighted by molar-refractivity contribution is 6.42. The topological polar surface area (TPSA) is 54.7 Å². The van der Waals surface area contributed by atoms with E-state index in [1.165, 1.54) is 25.7 Å². The van der Waals surface area contributed by atoms with Gasteiger partial charge in [0.2, 0.25) is 0 Å². The molecule has 3 nitrogen and oxygen atoms in total. The van der Waals surface area contributed by atoms with Crippen molar-refractivity contribution in [3.05, 3.63) is 33.9 Å². The molecule has 1 aliphatic carbocycles. The van der Waals surface area contributed by atoms with Crippen LogP contribution in [0.15, 0.2) is 18.2 Å². The maximum atomic E-state index is 6.09. The Morgan fingerprint density at radius 3 is 2.58 bits per heavy atom. The van der Waals surface area contributed by atoms with Crippen molar-refractivity contribution in [2.45, 2.75) is 31.6 Å². The van der Waals surface area contributed by atoms with E-state index < -0.39 is 0 Å². The molecule has 3 N–H and O–H groups in total. The Labute approximate surface area is 122 Å². The molecule has 0 unspecified atom stereocenters. The molecule has 1 heterocycles. The molecule has 0 spiro atoms. The van der Waals surface area contributed by atoms with Gasteiger partial charge in [-0.25, -0.2) is 0 Å². The van der Waals surface area contributed by atoms with E-state index >= 15 is 0 Å². The summed E-state index contributed by atoms with van der Waals surface area (Å²) < 4.78 is 0. The second-order valence-electron chi connectivity index (χ2n) is 5.01. The zero-order valence-electron chi connectivity index (χ0n) is 10.4. The Kier molecular flexibility index (Phi) is 3.42. The Morgan fingerprint density at radius 1 is 1.16 bits per heavy atom. The number of anilines is 1. The normalized spacial score (nSPS) is 16.1. The van der Waals surface area contributed by atoms with Crippen LogP contribution in [0.3, 0.4) is 0 Å². The molecule has 0 bridgehead atoms. The largest absolute Gasteiger partial charge is 0.382 e. The highest BCUT2D eigenvalue weighted by Crippen LogP contribution is 2.41. The Bertz CT molecular complexity index is 601. The Morgan fingerprint density at radius 2 is 1.89 bits per heavy atom. The summed E-state index contributed by atoms with van der Waals surface area (Å²) in [5.41, 5.74) is 9.10. The minimum absolute atomic E-state index is 0.522. The van der Waals surface area contributed by atoms with Crippen LogP contribution in [0.1, 0.15) is 37.3 Å². The number of benzene rings is 1. The molecule has 1 aromatic heterocycles. The van der Waals surface area contributed by atoms with Gasteiger partial charge in [-0.2, -0.15) is 5.10 Å². The molecular weight excluding hydrogens is 281 g/mol. The highest BCUT2D eigenvalue weighted by atomic mass is 35.5. The first-order valence-corrected chi connectivity index (χ1v) is 7.21. The molecule has 19 heavy (non-hydrogen) atoms. The molecule has 1 saturated carbocycles. The zero-order chi connectivity index (χ0) is 13.4. The summed E-state index contributed by atoms with van der Waals surface area (Å²) in [4.78, 5) is 0. The first-order chi connectivity index (χ1) is 9.16. The predicted octanol–water partition coefficient (Wildman–Crippen LogP) is 4.62. The smallest absolute Gasteiger partial charge is 0.153 e. The minimum Gasteiger partial charge on any atom is -0.382 e. The van der Waals surface area contributed by atoms with Gasteiger partial charge in [0.15, 0.2) is 5.82 Å². The van der Waals surface area contributed by atoms with Crippen LogP contribution in [0.4, 0.5) is 5.82 Å². The number of aromatic amines is 1. The van der Waals surface area contributed by atoms with Crippen molar-refractivity contribution >= 4 is 29.0 Å². The Balaban J connectivity index is 2.08. The third-order valence-corrected chi connectivity index (χ3v) is 4.53. The number of nitrogens with zero attached hydrogens (tertiary/aromatic N) is 1. The van der Waals surface area contributed by atoms with Gasteiger partial charge in [0.1, 0.15) is 0 Å². The molecule has 2 aromatic rings. The van der Waals surface area contributed by atoms with Gasteiger partial charge >= 0.3 is 0 Å². The molecule has 0 atom stereocenters. The lowest BCUT2D eigenvalue weighted by Crippen LogP contribution is -1.96. The second kappa shape index (κ2) is 5.06. The first-order valence-electron chi connectivity index (χ1n) is 6.46. The summed E-state index contributed by atoms with van der Waals surface area (Å²) in [5, 5.41) is 8.35. The van der Waals surface area contributed by atoms with Crippen LogP contribution in [0, 0.1) is 0 Å². The first kappa shape index (κ1) is 12.8. The molecule has 1 fully saturated rings. The molecule has 0 radical (unpaired) electrons. The molecule has 3 rings (SSSR count). The fourth-order valence-electron chi connectivity index (χ4n) is 2.84. The SMILES string of the molecule is Nc1n[nH]c(C2CCCC2)c1-c1ccc(Cl)c(Cl)c1. The van der Waals surface area contributed by atoms with E-state index in [9.17, 15) is 0 Å². The van der Waals surface area contributed by atoms with Crippen LogP contribution in [-0.4, -0.2) is 10.2 Å². The molecule has 0 saturated heterocycles. The molecule has 0 amide bonds. The van der Waals surface area contributed by atoms with Crippen molar-refractivity contribution in [1.82, 2.24) is 10.2 Å². The van der Waals surface area contributed by atoms with Gasteiger partial charge in [-0.15, -0.1) is 0 Å². The molecule has 0 aliphatic heterocycles. The third kappa shape index (κ3) is 2.33. The van der Waals surface area contributed by atoms with Crippen molar-refractivity contribution < 1.29 is 0 Å². The summed E-state index contributed by atoms with van der Waals surface area (Å²) in [7, 11) is 0. The molecule has 100 valence electrons. The fourth-order valence-corrected chi connectivity index (χ4v) is 3.13. The van der Waals surface area contributed by atoms with E-state index in [4.69, 9.17) is 28.9 Å². The van der Waals surface area contributed by atoms with Gasteiger partial charge < -0.3 is 5.73 Å². The van der Waals surface area contributed by atoms with Crippen LogP contribution < -0.4 is 5.73 Å². The molecule has 1 aromatic carbocycles. The van der Waals surface area contributed by atoms with Crippen molar-refractivity contribution in [2.24, 2.45) is 0 Å². The molecule has 1 aliphatic rings. The van der Waals surface area contributed by atoms with E-state index in [1.54, 1.807) is 6.07 Å². The lowest BCUT2D eigenvalue weighted by Gasteiger charge is -2.11. The van der Waals surface area contributed by atoms with Gasteiger partial charge in [0.25, 0.3) is 0 Å². The van der Waals surface area contributed by atoms with E-state index in [1.807, 2.05) is 12.1 Å². The van der Waals surface area contributed by atoms with Gasteiger partial charge in [-0.1, -0.05) is 42.1 Å². The van der Waals surface area contributed by atoms with E-state index in [2.05, 4.69) is 10.2 Å². The predicted molar refractivity (Wildman–Crippen MR) is 79.7 cm³/mol. The number of aromatic nitrogens is 2. The average Bonchev–Trinajstić information content (AvgIpc) is 3.01. The number of H-pyrrole nitrogens is 1. The number of nitrogens with two attached hydrogens (primary N) is 1. The van der Waals surface area contributed by atoms with Crippen LogP contribution in [0.2, 0.25) is 10.0 Å². The van der Waals surface area contributed by atoms with Crippen LogP contribution in [0.5, 0.6) is 0 Å². The number of halogens is 2. The highest BCUT2D eigenvalue weighted by Gasteiger charge is 2.24. The second-order valence-corrected chi connectivity index (χ2v) is 5.82. The molecule has 5 heteroatoms. The minimum atomic E-state index is 0.522. The van der Waals surface area contributed by atoms with Crippen LogP contribution >= 0.6 is 23.2 Å². The van der Waals surface area contributed by atoms with Gasteiger partial charge in [-0.3, -0.25) is 5.10 Å². The van der Waals surface area contributed by atoms with Crippen LogP contribution in [0.25, 0.3) is 11.1 Å². The fraction of sp³-hybridized carbons (Fsp3) is 0.357. The van der Waals surface area contributed by atoms with E-state index in [0.717, 1.165) is 16.8 Å². The van der Waals surface area contributed by atoms with E-state index in [-0.39, 0.29) is 0 Å². The lowest BCUT2D eigenvalue weighted by atomic mass is 9.96. The van der Waals surface area contributed by atoms with E-state index in [0.29, 0.717) is 21.8 Å². The number of rotatable bonds is 2. The van der Waals surface area contributed by atoms with Crippen molar-refractivity contribution in [2.75, 3.05) is 5.73 Å². The van der Waals surface area contributed by atoms with Gasteiger partial charge in [0, 0.05) is 17.2 Å². The van der Waals surface area contributed by atoms with Crippen molar-refractivity contribution in [3.8, 4) is 11.1 Å². The maximum Gasteiger partial charge on any atom is 0.153 e. The third-order valence-electron chi connectivity index (χ3n) is 3.79. The number of nitrogens with one attached hydrogen (secondary N) is 1. The summed E-state index contributed by atoms with van der Waals surface area (Å²) in [6.07, 6.45) is 4.92. The average molecular weight is 296 g/mol. The van der Waals surface area contributed by atoms with Crippen LogP contribution in [-0.2, 0) is 0 Å². The monoisotopic (exact) mass is 295 g/mol. The molecular formula is C14H15Cl2N3. The van der Waals surface area contributed by atoms with Gasteiger partial charge in [-0.05, 0) is 30.5 Å². The summed E-state index contributed by atoms with van der Waals surface area (Å²) >= 11 is 12.1. The van der Waals surface area contributed by atoms with Crippen molar-refractivity contribution in [1.29, 1.82) is 0 Å². The summed E-state index contributed by atoms with van der Waals surface area (Å²) in [6, 6.07) is 5.58. The number of hydrogen-bond donors (Lipinski definition) is 2. The lowest BCUT2D eigenvalue weighted by molar-refractivity contribution is 0.694. The number of hydrogen-bond acceptors (Lipinski definition) is 2. The zero-order valence-corrected chi connectivity index (χ0v) is 11.9. The van der Waals surface area contributed by atoms with Gasteiger partial charge in [0.05, 0.1) is 10.0 Å². The Hall–Kier alpha value is -1.19. The standard InChI is InChI=1S/C14H15Cl2N3/c15-10-6-5-9(7-11(10)16)12-13(18-19-14(12)17)8-3-1-2-4-8/h5-8H,1-4H2,(H3,17,18,19). The maximum absolute atomic E-state index is 6.09. The summed E-state index contributed by atoms with van der Waals surface area (Å²) in [5.74, 6) is 1.05. The van der Waals surface area contributed by atoms with Crippen molar-refractivity contribution in [3.63, 3.8) is 0 Å².